The van der Waals surface area contributed by atoms with Crippen molar-refractivity contribution in [3.05, 3.63) is 87.2 Å². The maximum absolute atomic E-state index is 14.4. The molecule has 1 N–H and O–H groups in total. The smallest absolute Gasteiger partial charge is 0.304 e. The van der Waals surface area contributed by atoms with E-state index in [2.05, 4.69) is 10.3 Å². The van der Waals surface area contributed by atoms with Crippen LogP contribution in [0.1, 0.15) is 15.9 Å². The Morgan fingerprint density at radius 2 is 1.71 bits per heavy atom. The van der Waals surface area contributed by atoms with E-state index in [-0.39, 0.29) is 14.4 Å². The molecule has 2 aromatic carbocycles. The summed E-state index contributed by atoms with van der Waals surface area (Å²) in [5, 5.41) is 2.46. The molecule has 1 aromatic heterocycles. The fraction of sp³-hybridized carbons (Fsp3) is 0.0556. The lowest BCUT2D eigenvalue weighted by atomic mass is 10.1. The summed E-state index contributed by atoms with van der Waals surface area (Å²) >= 11 is 5.72. The first-order chi connectivity index (χ1) is 13.2. The molecule has 3 rings (SSSR count). The standard InChI is InChI=1S/C18H13ClFN3O4S/c1-11-2-4-12(5-3-11)17(24)21-16-15(20)10-23(18(25)22-16)28(26,27)14-8-6-13(19)7-9-14/h2-10H,1H3,(H,21,22,24,25). The van der Waals surface area contributed by atoms with Gasteiger partial charge in [0.1, 0.15) is 0 Å². The minimum Gasteiger partial charge on any atom is -0.304 e. The number of hydrogen-bond donors (Lipinski definition) is 1. The number of aromatic nitrogens is 2. The predicted molar refractivity (Wildman–Crippen MR) is 102 cm³/mol. The van der Waals surface area contributed by atoms with Crippen LogP contribution in [0.15, 0.2) is 64.4 Å². The normalized spacial score (nSPS) is 11.2. The Bertz CT molecular complexity index is 1210. The Hall–Kier alpha value is -3.04. The van der Waals surface area contributed by atoms with Gasteiger partial charge in [0.2, 0.25) is 0 Å². The van der Waals surface area contributed by atoms with Gasteiger partial charge in [0, 0.05) is 10.6 Å². The van der Waals surface area contributed by atoms with Crippen LogP contribution in [0.4, 0.5) is 10.2 Å². The molecule has 144 valence electrons. The maximum atomic E-state index is 14.4. The van der Waals surface area contributed by atoms with Gasteiger partial charge in [-0.25, -0.2) is 17.6 Å². The lowest BCUT2D eigenvalue weighted by Crippen LogP contribution is -2.31. The molecule has 3 aromatic rings. The van der Waals surface area contributed by atoms with Crippen LogP contribution < -0.4 is 11.0 Å². The van der Waals surface area contributed by atoms with E-state index in [9.17, 15) is 22.4 Å². The first-order valence-corrected chi connectivity index (χ1v) is 9.68. The highest BCUT2D eigenvalue weighted by Crippen LogP contribution is 2.17. The SMILES string of the molecule is Cc1ccc(C(=O)Nc2nc(=O)n(S(=O)(=O)c3ccc(Cl)cc3)cc2F)cc1. The Morgan fingerprint density at radius 3 is 2.32 bits per heavy atom. The molecule has 7 nitrogen and oxygen atoms in total. The molecular weight excluding hydrogens is 409 g/mol. The number of nitrogens with zero attached hydrogens (tertiary/aromatic N) is 2. The summed E-state index contributed by atoms with van der Waals surface area (Å²) in [5.41, 5.74) is -0.115. The van der Waals surface area contributed by atoms with Crippen LogP contribution in [0.25, 0.3) is 0 Å². The average Bonchev–Trinajstić information content (AvgIpc) is 2.65. The minimum atomic E-state index is -4.38. The van der Waals surface area contributed by atoms with Crippen LogP contribution in [-0.2, 0) is 10.0 Å². The Balaban J connectivity index is 1.95. The molecule has 0 fully saturated rings. The largest absolute Gasteiger partial charge is 0.363 e. The number of rotatable bonds is 4. The van der Waals surface area contributed by atoms with E-state index < -0.39 is 33.3 Å². The van der Waals surface area contributed by atoms with E-state index in [1.807, 2.05) is 6.92 Å². The van der Waals surface area contributed by atoms with Gasteiger partial charge < -0.3 is 5.32 Å². The van der Waals surface area contributed by atoms with E-state index in [4.69, 9.17) is 11.6 Å². The van der Waals surface area contributed by atoms with Gasteiger partial charge in [-0.3, -0.25) is 4.79 Å². The summed E-state index contributed by atoms with van der Waals surface area (Å²) in [4.78, 5) is 27.4. The van der Waals surface area contributed by atoms with E-state index in [1.165, 1.54) is 36.4 Å². The highest BCUT2D eigenvalue weighted by Gasteiger charge is 2.22. The molecule has 0 unspecified atom stereocenters. The van der Waals surface area contributed by atoms with E-state index in [0.29, 0.717) is 11.2 Å². The van der Waals surface area contributed by atoms with Gasteiger partial charge in [0.15, 0.2) is 11.6 Å². The molecule has 0 radical (unpaired) electrons. The summed E-state index contributed by atoms with van der Waals surface area (Å²) < 4.78 is 39.6. The van der Waals surface area contributed by atoms with Gasteiger partial charge in [-0.2, -0.15) is 8.96 Å². The zero-order valence-electron chi connectivity index (χ0n) is 14.4. The number of halogens is 2. The van der Waals surface area contributed by atoms with Crippen molar-refractivity contribution in [1.82, 2.24) is 8.96 Å². The van der Waals surface area contributed by atoms with E-state index >= 15 is 0 Å². The topological polar surface area (TPSA) is 98.1 Å². The Morgan fingerprint density at radius 1 is 1.11 bits per heavy atom. The number of benzene rings is 2. The zero-order valence-corrected chi connectivity index (χ0v) is 16.0. The van der Waals surface area contributed by atoms with Crippen LogP contribution >= 0.6 is 11.6 Å². The highest BCUT2D eigenvalue weighted by atomic mass is 35.5. The molecular formula is C18H13ClFN3O4S. The van der Waals surface area contributed by atoms with Gasteiger partial charge in [-0.1, -0.05) is 29.3 Å². The summed E-state index contributed by atoms with van der Waals surface area (Å²) in [6.07, 6.45) is 0.462. The Kier molecular flexibility index (Phi) is 5.30. The molecule has 1 amide bonds. The quantitative estimate of drug-likeness (QED) is 0.698. The monoisotopic (exact) mass is 421 g/mol. The number of carbonyl (C=O) groups is 1. The third-order valence-corrected chi connectivity index (χ3v) is 5.67. The number of anilines is 1. The molecule has 1 heterocycles. The minimum absolute atomic E-state index is 0.160. The number of nitrogens with one attached hydrogen (secondary N) is 1. The van der Waals surface area contributed by atoms with Gasteiger partial charge in [-0.05, 0) is 43.3 Å². The van der Waals surface area contributed by atoms with Crippen molar-refractivity contribution < 1.29 is 17.6 Å². The number of aryl methyl sites for hydroxylation is 1. The molecule has 0 aliphatic heterocycles. The fourth-order valence-corrected chi connectivity index (χ4v) is 3.59. The van der Waals surface area contributed by atoms with Crippen LogP contribution in [-0.4, -0.2) is 23.3 Å². The molecule has 0 spiro atoms. The van der Waals surface area contributed by atoms with Crippen LogP contribution in [0.2, 0.25) is 5.02 Å². The molecule has 10 heteroatoms. The predicted octanol–water partition coefficient (Wildman–Crippen LogP) is 2.83. The Labute approximate surface area is 164 Å². The van der Waals surface area contributed by atoms with Gasteiger partial charge >= 0.3 is 5.69 Å². The van der Waals surface area contributed by atoms with Crippen molar-refractivity contribution in [2.45, 2.75) is 11.8 Å². The summed E-state index contributed by atoms with van der Waals surface area (Å²) in [6, 6.07) is 11.4. The van der Waals surface area contributed by atoms with Crippen molar-refractivity contribution in [1.29, 1.82) is 0 Å². The second-order valence-electron chi connectivity index (χ2n) is 5.79. The second-order valence-corrected chi connectivity index (χ2v) is 8.05. The molecule has 0 bridgehead atoms. The number of amides is 1. The summed E-state index contributed by atoms with van der Waals surface area (Å²) in [5.74, 6) is -2.54. The summed E-state index contributed by atoms with van der Waals surface area (Å²) in [7, 11) is -4.38. The third kappa shape index (κ3) is 3.95. The van der Waals surface area contributed by atoms with Gasteiger partial charge in [-0.15, -0.1) is 0 Å². The van der Waals surface area contributed by atoms with Crippen molar-refractivity contribution in [3.63, 3.8) is 0 Å². The lowest BCUT2D eigenvalue weighted by molar-refractivity contribution is 0.102. The van der Waals surface area contributed by atoms with Gasteiger partial charge in [0.25, 0.3) is 15.9 Å². The summed E-state index contributed by atoms with van der Waals surface area (Å²) in [6.45, 7) is 1.84. The van der Waals surface area contributed by atoms with Crippen LogP contribution in [0, 0.1) is 12.7 Å². The molecule has 0 aliphatic carbocycles. The molecule has 0 saturated heterocycles. The second kappa shape index (κ2) is 7.53. The molecule has 0 aliphatic rings. The molecule has 0 atom stereocenters. The third-order valence-electron chi connectivity index (χ3n) is 3.77. The number of hydrogen-bond acceptors (Lipinski definition) is 5. The average molecular weight is 422 g/mol. The molecule has 0 saturated carbocycles. The van der Waals surface area contributed by atoms with Crippen LogP contribution in [0.5, 0.6) is 0 Å². The fourth-order valence-electron chi connectivity index (χ4n) is 2.28. The van der Waals surface area contributed by atoms with Crippen molar-refractivity contribution in [3.8, 4) is 0 Å². The maximum Gasteiger partial charge on any atom is 0.363 e. The lowest BCUT2D eigenvalue weighted by Gasteiger charge is -2.10. The van der Waals surface area contributed by atoms with Crippen molar-refractivity contribution in [2.75, 3.05) is 5.32 Å². The highest BCUT2D eigenvalue weighted by molar-refractivity contribution is 7.90. The van der Waals surface area contributed by atoms with Crippen molar-refractivity contribution in [2.24, 2.45) is 0 Å². The molecule has 28 heavy (non-hydrogen) atoms. The first kappa shape index (κ1) is 19.7. The van der Waals surface area contributed by atoms with E-state index in [0.717, 1.165) is 5.56 Å². The van der Waals surface area contributed by atoms with E-state index in [1.54, 1.807) is 12.1 Å². The van der Waals surface area contributed by atoms with Crippen molar-refractivity contribution >= 4 is 33.3 Å². The van der Waals surface area contributed by atoms with Gasteiger partial charge in [0.05, 0.1) is 11.1 Å². The first-order valence-electron chi connectivity index (χ1n) is 7.87. The number of carbonyl (C=O) groups excluding carboxylic acids is 1. The zero-order chi connectivity index (χ0) is 20.5. The van der Waals surface area contributed by atoms with Crippen LogP contribution in [0.3, 0.4) is 0 Å².